The Morgan fingerprint density at radius 1 is 0.775 bits per heavy atom. The molecule has 3 aromatic rings. The number of morpholine rings is 2. The molecule has 0 aliphatic carbocycles. The van der Waals surface area contributed by atoms with E-state index in [1.54, 1.807) is 43.4 Å². The van der Waals surface area contributed by atoms with Gasteiger partial charge < -0.3 is 35.2 Å². The Kier molecular flexibility index (Phi) is 8.37. The minimum absolute atomic E-state index is 0.143. The van der Waals surface area contributed by atoms with Crippen molar-refractivity contribution in [1.82, 2.24) is 20.3 Å². The quantitative estimate of drug-likeness (QED) is 0.427. The lowest BCUT2D eigenvalue weighted by molar-refractivity contribution is 0.0962. The molecule has 2 aliphatic heterocycles. The van der Waals surface area contributed by atoms with Gasteiger partial charge in [-0.1, -0.05) is 0 Å². The van der Waals surface area contributed by atoms with E-state index in [9.17, 15) is 9.59 Å². The van der Waals surface area contributed by atoms with E-state index < -0.39 is 6.03 Å². The summed E-state index contributed by atoms with van der Waals surface area (Å²) in [5, 5.41) is 8.17. The highest BCUT2D eigenvalue weighted by atomic mass is 16.5. The maximum Gasteiger partial charge on any atom is 0.323 e. The molecule has 40 heavy (non-hydrogen) atoms. The number of carbonyl (C=O) groups excluding carboxylic acids is 2. The van der Waals surface area contributed by atoms with Crippen molar-refractivity contribution < 1.29 is 19.1 Å². The van der Waals surface area contributed by atoms with Crippen LogP contribution in [-0.4, -0.2) is 85.5 Å². The Bertz CT molecular complexity index is 1290. The van der Waals surface area contributed by atoms with Gasteiger partial charge in [0.15, 0.2) is 5.82 Å². The molecule has 12 nitrogen and oxygen atoms in total. The van der Waals surface area contributed by atoms with E-state index in [0.717, 1.165) is 5.56 Å². The highest BCUT2D eigenvalue weighted by Gasteiger charge is 2.27. The number of urea groups is 1. The lowest BCUT2D eigenvalue weighted by Crippen LogP contribution is -2.46. The fraction of sp³-hybridized carbons (Fsp3) is 0.393. The third kappa shape index (κ3) is 6.29. The number of aromatic nitrogens is 3. The first kappa shape index (κ1) is 27.3. The van der Waals surface area contributed by atoms with E-state index in [1.165, 1.54) is 0 Å². The Morgan fingerprint density at radius 2 is 1.27 bits per heavy atom. The predicted molar refractivity (Wildman–Crippen MR) is 153 cm³/mol. The number of rotatable bonds is 6. The average Bonchev–Trinajstić information content (AvgIpc) is 2.97. The highest BCUT2D eigenvalue weighted by molar-refractivity contribution is 6.00. The number of ether oxygens (including phenoxy) is 2. The van der Waals surface area contributed by atoms with Gasteiger partial charge in [0.25, 0.3) is 5.91 Å². The zero-order valence-corrected chi connectivity index (χ0v) is 22.9. The summed E-state index contributed by atoms with van der Waals surface area (Å²) >= 11 is 0. The van der Waals surface area contributed by atoms with Crippen molar-refractivity contribution in [3.8, 4) is 11.4 Å². The second-order valence-electron chi connectivity index (χ2n) is 9.81. The van der Waals surface area contributed by atoms with Gasteiger partial charge in [-0.3, -0.25) is 4.79 Å². The van der Waals surface area contributed by atoms with Gasteiger partial charge in [0, 0.05) is 42.6 Å². The minimum atomic E-state index is -0.396. The molecule has 5 rings (SSSR count). The predicted octanol–water partition coefficient (Wildman–Crippen LogP) is 2.99. The van der Waals surface area contributed by atoms with Crippen LogP contribution in [0.3, 0.4) is 0 Å². The molecule has 1 aromatic heterocycles. The number of anilines is 4. The topological polar surface area (TPSA) is 134 Å². The van der Waals surface area contributed by atoms with Gasteiger partial charge in [-0.2, -0.15) is 15.0 Å². The molecule has 2 atom stereocenters. The molecule has 2 saturated heterocycles. The monoisotopic (exact) mass is 546 g/mol. The van der Waals surface area contributed by atoms with E-state index in [-0.39, 0.29) is 18.0 Å². The minimum Gasteiger partial charge on any atom is -0.377 e. The maximum atomic E-state index is 12.5. The fourth-order valence-electron chi connectivity index (χ4n) is 4.63. The summed E-state index contributed by atoms with van der Waals surface area (Å²) in [7, 11) is 1.57. The molecular formula is C28H34N8O4. The fourth-order valence-corrected chi connectivity index (χ4v) is 4.63. The van der Waals surface area contributed by atoms with Gasteiger partial charge >= 0.3 is 6.03 Å². The second-order valence-corrected chi connectivity index (χ2v) is 9.81. The zero-order chi connectivity index (χ0) is 28.1. The summed E-state index contributed by atoms with van der Waals surface area (Å²) in [5.74, 6) is 1.62. The molecule has 2 fully saturated rings. The normalized spacial score (nSPS) is 19.2. The molecule has 2 aliphatic rings. The summed E-state index contributed by atoms with van der Waals surface area (Å²) in [6.45, 7) is 8.08. The van der Waals surface area contributed by atoms with Crippen LogP contribution in [0.1, 0.15) is 24.2 Å². The van der Waals surface area contributed by atoms with E-state index >= 15 is 0 Å². The number of benzene rings is 2. The Labute approximate surface area is 233 Å². The van der Waals surface area contributed by atoms with Gasteiger partial charge in [0.2, 0.25) is 11.9 Å². The standard InChI is InChI=1S/C28H34N8O4/c1-18-16-39-14-12-35(18)26-32-24(33-27(34-26)36-13-15-40-17-19(36)2)20-4-8-22(9-5-20)30-28(38)31-23-10-6-21(7-11-23)25(37)29-3/h4-11,18-19H,12-17H2,1-3H3,(H,29,37)(H2,30,31,38). The average molecular weight is 547 g/mol. The molecule has 0 saturated carbocycles. The van der Waals surface area contributed by atoms with Crippen LogP contribution < -0.4 is 25.8 Å². The second kappa shape index (κ2) is 12.3. The van der Waals surface area contributed by atoms with Crippen LogP contribution in [0.5, 0.6) is 0 Å². The number of carbonyl (C=O) groups is 2. The Morgan fingerprint density at radius 3 is 1.75 bits per heavy atom. The van der Waals surface area contributed by atoms with Crippen LogP contribution in [-0.2, 0) is 9.47 Å². The van der Waals surface area contributed by atoms with Crippen molar-refractivity contribution in [3.63, 3.8) is 0 Å². The number of nitrogens with one attached hydrogen (secondary N) is 3. The van der Waals surface area contributed by atoms with Crippen molar-refractivity contribution in [2.24, 2.45) is 0 Å². The number of nitrogens with zero attached hydrogens (tertiary/aromatic N) is 5. The molecule has 3 amide bonds. The molecule has 0 spiro atoms. The van der Waals surface area contributed by atoms with Crippen LogP contribution in [0.25, 0.3) is 11.4 Å². The first-order valence-corrected chi connectivity index (χ1v) is 13.4. The van der Waals surface area contributed by atoms with Gasteiger partial charge in [-0.25, -0.2) is 4.79 Å². The van der Waals surface area contributed by atoms with Crippen molar-refractivity contribution in [1.29, 1.82) is 0 Å². The van der Waals surface area contributed by atoms with Gasteiger partial charge in [0.05, 0.1) is 38.5 Å². The third-order valence-electron chi connectivity index (χ3n) is 6.89. The smallest absolute Gasteiger partial charge is 0.323 e. The highest BCUT2D eigenvalue weighted by Crippen LogP contribution is 2.26. The van der Waals surface area contributed by atoms with Crippen molar-refractivity contribution in [2.45, 2.75) is 25.9 Å². The molecule has 12 heteroatoms. The zero-order valence-electron chi connectivity index (χ0n) is 22.9. The SMILES string of the molecule is CNC(=O)c1ccc(NC(=O)Nc2ccc(-c3nc(N4CCOCC4C)nc(N4CCOCC4C)n3)cc2)cc1. The molecule has 0 radical (unpaired) electrons. The lowest BCUT2D eigenvalue weighted by Gasteiger charge is -2.36. The summed E-state index contributed by atoms with van der Waals surface area (Å²) in [6.07, 6.45) is 0. The van der Waals surface area contributed by atoms with Gasteiger partial charge in [-0.15, -0.1) is 0 Å². The van der Waals surface area contributed by atoms with Crippen LogP contribution in [0, 0.1) is 0 Å². The van der Waals surface area contributed by atoms with Crippen LogP contribution in [0.2, 0.25) is 0 Å². The van der Waals surface area contributed by atoms with Gasteiger partial charge in [-0.05, 0) is 62.4 Å². The van der Waals surface area contributed by atoms with Crippen LogP contribution in [0.15, 0.2) is 48.5 Å². The van der Waals surface area contributed by atoms with E-state index in [0.29, 0.717) is 74.2 Å². The Balaban J connectivity index is 1.33. The summed E-state index contributed by atoms with van der Waals surface area (Å²) in [4.78, 5) is 43.1. The molecule has 2 unspecified atom stereocenters. The van der Waals surface area contributed by atoms with E-state index in [4.69, 9.17) is 24.4 Å². The number of hydrogen-bond acceptors (Lipinski definition) is 9. The lowest BCUT2D eigenvalue weighted by atomic mass is 10.2. The van der Waals surface area contributed by atoms with Crippen LogP contribution >= 0.6 is 0 Å². The van der Waals surface area contributed by atoms with Crippen molar-refractivity contribution >= 4 is 35.2 Å². The van der Waals surface area contributed by atoms with E-state index in [1.807, 2.05) is 12.1 Å². The summed E-state index contributed by atoms with van der Waals surface area (Å²) < 4.78 is 11.2. The first-order valence-electron chi connectivity index (χ1n) is 13.4. The largest absolute Gasteiger partial charge is 0.377 e. The third-order valence-corrected chi connectivity index (χ3v) is 6.89. The summed E-state index contributed by atoms with van der Waals surface area (Å²) in [6, 6.07) is 13.9. The maximum absolute atomic E-state index is 12.5. The van der Waals surface area contributed by atoms with Crippen molar-refractivity contribution in [3.05, 3.63) is 54.1 Å². The number of hydrogen-bond donors (Lipinski definition) is 3. The summed E-state index contributed by atoms with van der Waals surface area (Å²) in [5.41, 5.74) is 2.50. The van der Waals surface area contributed by atoms with Crippen molar-refractivity contribution in [2.75, 3.05) is 67.0 Å². The molecule has 210 valence electrons. The number of amides is 3. The molecule has 0 bridgehead atoms. The molecular weight excluding hydrogens is 512 g/mol. The van der Waals surface area contributed by atoms with E-state index in [2.05, 4.69) is 39.6 Å². The first-order chi connectivity index (χ1) is 19.4. The molecule has 3 N–H and O–H groups in total. The molecule has 3 heterocycles. The van der Waals surface area contributed by atoms with Gasteiger partial charge in [0.1, 0.15) is 0 Å². The Hall–Kier alpha value is -4.29. The van der Waals surface area contributed by atoms with Crippen LogP contribution in [0.4, 0.5) is 28.1 Å². The molecule has 2 aromatic carbocycles.